The maximum atomic E-state index is 14.4. The fourth-order valence-electron chi connectivity index (χ4n) is 3.38. The van der Waals surface area contributed by atoms with Crippen LogP contribution in [0.1, 0.15) is 17.0 Å². The summed E-state index contributed by atoms with van der Waals surface area (Å²) in [5.74, 6) is -1.71. The topological polar surface area (TPSA) is 52.3 Å². The van der Waals surface area contributed by atoms with Gasteiger partial charge < -0.3 is 4.74 Å². The van der Waals surface area contributed by atoms with Crippen molar-refractivity contribution in [2.45, 2.75) is 6.42 Å². The van der Waals surface area contributed by atoms with E-state index < -0.39 is 11.6 Å². The zero-order valence-electron chi connectivity index (χ0n) is 14.9. The van der Waals surface area contributed by atoms with Gasteiger partial charge in [-0.15, -0.1) is 0 Å². The van der Waals surface area contributed by atoms with Gasteiger partial charge in [0.1, 0.15) is 5.52 Å². The van der Waals surface area contributed by atoms with E-state index >= 15 is 0 Å². The van der Waals surface area contributed by atoms with Crippen LogP contribution in [0.5, 0.6) is 5.88 Å². The molecule has 1 aliphatic rings. The average Bonchev–Trinajstić information content (AvgIpc) is 3.01. The second-order valence-corrected chi connectivity index (χ2v) is 6.44. The van der Waals surface area contributed by atoms with Crippen LogP contribution in [0.25, 0.3) is 22.1 Å². The number of nitrogens with zero attached hydrogens (tertiary/aromatic N) is 4. The average molecular weight is 376 g/mol. The van der Waals surface area contributed by atoms with Gasteiger partial charge in [0.05, 0.1) is 18.5 Å². The van der Waals surface area contributed by atoms with E-state index in [2.05, 4.69) is 15.1 Å². The Kier molecular flexibility index (Phi) is 3.68. The largest absolute Gasteiger partial charge is 0.481 e. The molecule has 0 amide bonds. The first-order valence-electron chi connectivity index (χ1n) is 8.68. The van der Waals surface area contributed by atoms with Gasteiger partial charge in [-0.2, -0.15) is 5.10 Å². The van der Waals surface area contributed by atoms with E-state index in [0.717, 1.165) is 34.2 Å². The Bertz CT molecular complexity index is 1310. The molecule has 0 saturated heterocycles. The molecule has 7 heteroatoms. The lowest BCUT2D eigenvalue weighted by atomic mass is 9.98. The summed E-state index contributed by atoms with van der Waals surface area (Å²) in [6.07, 6.45) is 7.99. The van der Waals surface area contributed by atoms with Gasteiger partial charge in [0.25, 0.3) is 0 Å². The molecule has 0 spiro atoms. The van der Waals surface area contributed by atoms with Crippen LogP contribution in [-0.2, 0) is 6.42 Å². The molecule has 28 heavy (non-hydrogen) atoms. The molecular weight excluding hydrogens is 362 g/mol. The summed E-state index contributed by atoms with van der Waals surface area (Å²) in [6, 6.07) is 8.08. The summed E-state index contributed by atoms with van der Waals surface area (Å²) < 4.78 is 35.1. The lowest BCUT2D eigenvalue weighted by molar-refractivity contribution is 0.398. The smallest absolute Gasteiger partial charge is 0.213 e. The Morgan fingerprint density at radius 1 is 1.14 bits per heavy atom. The van der Waals surface area contributed by atoms with Crippen molar-refractivity contribution < 1.29 is 13.5 Å². The lowest BCUT2D eigenvalue weighted by Gasteiger charge is -2.12. The number of rotatable bonds is 4. The van der Waals surface area contributed by atoms with Crippen LogP contribution in [0.2, 0.25) is 0 Å². The van der Waals surface area contributed by atoms with E-state index in [9.17, 15) is 8.78 Å². The van der Waals surface area contributed by atoms with Crippen molar-refractivity contribution >= 4 is 22.1 Å². The van der Waals surface area contributed by atoms with Gasteiger partial charge in [0, 0.05) is 29.6 Å². The minimum Gasteiger partial charge on any atom is -0.481 e. The van der Waals surface area contributed by atoms with Crippen molar-refractivity contribution in [1.29, 1.82) is 0 Å². The van der Waals surface area contributed by atoms with Gasteiger partial charge >= 0.3 is 0 Å². The number of halogens is 2. The monoisotopic (exact) mass is 376 g/mol. The third kappa shape index (κ3) is 2.47. The van der Waals surface area contributed by atoms with E-state index in [4.69, 9.17) is 4.74 Å². The van der Waals surface area contributed by atoms with E-state index in [1.54, 1.807) is 16.8 Å². The molecular formula is C21H14F2N4O. The fourth-order valence-corrected chi connectivity index (χ4v) is 3.38. The number of imidazole rings is 1. The predicted octanol–water partition coefficient (Wildman–Crippen LogP) is 4.11. The molecule has 0 unspecified atom stereocenters. The van der Waals surface area contributed by atoms with Crippen molar-refractivity contribution in [2.24, 2.45) is 0 Å². The summed E-state index contributed by atoms with van der Waals surface area (Å²) in [6.45, 7) is 0. The first kappa shape index (κ1) is 16.6. The summed E-state index contributed by atoms with van der Waals surface area (Å²) in [5.41, 5.74) is 4.08. The van der Waals surface area contributed by atoms with E-state index in [-0.39, 0.29) is 11.4 Å². The van der Waals surface area contributed by atoms with E-state index in [1.165, 1.54) is 13.2 Å². The number of allylic oxidation sites excluding steroid dienone is 4. The maximum Gasteiger partial charge on any atom is 0.213 e. The second kappa shape index (κ2) is 6.23. The van der Waals surface area contributed by atoms with Crippen molar-refractivity contribution in [2.75, 3.05) is 7.11 Å². The molecule has 1 aliphatic carbocycles. The predicted molar refractivity (Wildman–Crippen MR) is 101 cm³/mol. The number of ether oxygens (including phenoxy) is 1. The third-order valence-electron chi connectivity index (χ3n) is 4.81. The number of methoxy groups -OCH3 is 1. The quantitative estimate of drug-likeness (QED) is 0.538. The molecule has 0 fully saturated rings. The number of pyridine rings is 1. The highest BCUT2D eigenvalue weighted by Crippen LogP contribution is 2.31. The van der Waals surface area contributed by atoms with Gasteiger partial charge in [0.15, 0.2) is 17.3 Å². The molecule has 138 valence electrons. The number of hydrogen-bond acceptors (Lipinski definition) is 4. The normalized spacial score (nSPS) is 13.0. The van der Waals surface area contributed by atoms with Crippen molar-refractivity contribution in [3.63, 3.8) is 0 Å². The SMILES string of the molecule is COc1cc(Cc2c(C3=CC=C3)nc3cccnn23)c2ccc(F)c(F)c2n1. The summed E-state index contributed by atoms with van der Waals surface area (Å²) >= 11 is 0. The van der Waals surface area contributed by atoms with Crippen LogP contribution < -0.4 is 4.74 Å². The molecule has 0 bridgehead atoms. The molecule has 5 rings (SSSR count). The minimum absolute atomic E-state index is 0.0552. The highest BCUT2D eigenvalue weighted by molar-refractivity contribution is 5.85. The number of fused-ring (bicyclic) bond motifs is 2. The van der Waals surface area contributed by atoms with Crippen LogP contribution in [0.4, 0.5) is 8.78 Å². The van der Waals surface area contributed by atoms with Crippen LogP contribution in [0.15, 0.2) is 54.8 Å². The Morgan fingerprint density at radius 3 is 2.75 bits per heavy atom. The third-order valence-corrected chi connectivity index (χ3v) is 4.81. The summed E-state index contributed by atoms with van der Waals surface area (Å²) in [7, 11) is 1.44. The minimum atomic E-state index is -0.987. The molecule has 0 radical (unpaired) electrons. The lowest BCUT2D eigenvalue weighted by Crippen LogP contribution is -2.04. The van der Waals surface area contributed by atoms with Crippen molar-refractivity contribution in [3.8, 4) is 5.88 Å². The number of benzene rings is 1. The highest BCUT2D eigenvalue weighted by atomic mass is 19.2. The van der Waals surface area contributed by atoms with Crippen molar-refractivity contribution in [1.82, 2.24) is 19.6 Å². The molecule has 3 heterocycles. The Balaban J connectivity index is 1.74. The van der Waals surface area contributed by atoms with E-state index in [1.807, 2.05) is 30.4 Å². The molecule has 0 N–H and O–H groups in total. The molecule has 3 aromatic heterocycles. The first-order chi connectivity index (χ1) is 13.7. The van der Waals surface area contributed by atoms with Gasteiger partial charge in [0.2, 0.25) is 5.88 Å². The molecule has 0 atom stereocenters. The Labute approximate surface area is 158 Å². The van der Waals surface area contributed by atoms with Gasteiger partial charge in [-0.05, 0) is 29.8 Å². The maximum absolute atomic E-state index is 14.4. The Morgan fingerprint density at radius 2 is 2.00 bits per heavy atom. The van der Waals surface area contributed by atoms with Crippen LogP contribution in [-0.4, -0.2) is 26.7 Å². The summed E-state index contributed by atoms with van der Waals surface area (Å²) in [5, 5.41) is 4.94. The molecule has 4 aromatic rings. The fraction of sp³-hybridized carbons (Fsp3) is 0.0952. The number of hydrogen-bond donors (Lipinski definition) is 0. The van der Waals surface area contributed by atoms with Crippen LogP contribution in [0.3, 0.4) is 0 Å². The number of aromatic nitrogens is 4. The molecule has 0 aliphatic heterocycles. The summed E-state index contributed by atoms with van der Waals surface area (Å²) in [4.78, 5) is 8.78. The standard InChI is InChI=1S/C21H14F2N4O/c1-28-18-11-13(14-7-8-15(22)19(23)21(14)26-18)10-16-20(12-4-2-5-12)25-17-6-3-9-24-27(16)17/h2-9,11H,10H2,1H3. The Hall–Kier alpha value is -3.61. The van der Waals surface area contributed by atoms with Gasteiger partial charge in [-0.25, -0.2) is 23.3 Å². The van der Waals surface area contributed by atoms with Crippen LogP contribution >= 0.6 is 0 Å². The second-order valence-electron chi connectivity index (χ2n) is 6.44. The van der Waals surface area contributed by atoms with Gasteiger partial charge in [-0.3, -0.25) is 0 Å². The highest BCUT2D eigenvalue weighted by Gasteiger charge is 2.20. The van der Waals surface area contributed by atoms with E-state index in [0.29, 0.717) is 11.8 Å². The zero-order valence-corrected chi connectivity index (χ0v) is 14.9. The molecule has 5 nitrogen and oxygen atoms in total. The van der Waals surface area contributed by atoms with Gasteiger partial charge in [-0.1, -0.05) is 18.2 Å². The molecule has 1 aromatic carbocycles. The molecule has 0 saturated carbocycles. The first-order valence-corrected chi connectivity index (χ1v) is 8.68. The zero-order chi connectivity index (χ0) is 19.3. The van der Waals surface area contributed by atoms with Crippen molar-refractivity contribution in [3.05, 3.63) is 83.3 Å². The van der Waals surface area contributed by atoms with Crippen LogP contribution in [0, 0.1) is 11.6 Å².